The van der Waals surface area contributed by atoms with Crippen LogP contribution in [-0.4, -0.2) is 30.1 Å². The van der Waals surface area contributed by atoms with Crippen molar-refractivity contribution in [2.24, 2.45) is 0 Å². The fourth-order valence-electron chi connectivity index (χ4n) is 3.37. The Morgan fingerprint density at radius 2 is 1.91 bits per heavy atom. The third kappa shape index (κ3) is 4.78. The summed E-state index contributed by atoms with van der Waals surface area (Å²) in [5.41, 5.74) is 3.23. The van der Waals surface area contributed by atoms with Crippen LogP contribution in [0.2, 0.25) is 0 Å². The Labute approximate surface area is 186 Å². The summed E-state index contributed by atoms with van der Waals surface area (Å²) >= 11 is 0. The van der Waals surface area contributed by atoms with Crippen molar-refractivity contribution < 1.29 is 18.7 Å². The molecule has 4 rings (SSSR count). The minimum Gasteiger partial charge on any atom is -0.497 e. The first-order chi connectivity index (χ1) is 15.6. The molecule has 0 fully saturated rings. The van der Waals surface area contributed by atoms with Gasteiger partial charge in [-0.25, -0.2) is 9.97 Å². The number of furan rings is 1. The van der Waals surface area contributed by atoms with Gasteiger partial charge in [-0.2, -0.15) is 0 Å². The van der Waals surface area contributed by atoms with Gasteiger partial charge in [-0.1, -0.05) is 12.1 Å². The number of hydrogen-bond donors (Lipinski definition) is 1. The molecular weight excluding hydrogens is 406 g/mol. The first-order valence-corrected chi connectivity index (χ1v) is 10.1. The van der Waals surface area contributed by atoms with Crippen molar-refractivity contribution in [1.82, 2.24) is 9.97 Å². The minimum atomic E-state index is -0.329. The van der Waals surface area contributed by atoms with E-state index in [-0.39, 0.29) is 11.7 Å². The Morgan fingerprint density at radius 1 is 1.03 bits per heavy atom. The number of methoxy groups -OCH3 is 2. The van der Waals surface area contributed by atoms with Crippen molar-refractivity contribution >= 4 is 11.6 Å². The minimum absolute atomic E-state index is 0.227. The first kappa shape index (κ1) is 21.1. The number of ether oxygens (including phenoxy) is 2. The number of rotatable bonds is 7. The summed E-state index contributed by atoms with van der Waals surface area (Å²) in [6, 6.07) is 18.3. The Kier molecular flexibility index (Phi) is 6.17. The molecule has 7 heteroatoms. The van der Waals surface area contributed by atoms with Crippen LogP contribution in [-0.2, 0) is 6.42 Å². The summed E-state index contributed by atoms with van der Waals surface area (Å²) in [5, 5.41) is 2.88. The molecule has 4 aromatic rings. The van der Waals surface area contributed by atoms with E-state index in [2.05, 4.69) is 15.3 Å². The second-order valence-corrected chi connectivity index (χ2v) is 7.14. The number of amides is 1. The molecule has 7 nitrogen and oxygen atoms in total. The largest absolute Gasteiger partial charge is 0.497 e. The molecule has 1 amide bonds. The number of hydrogen-bond acceptors (Lipinski definition) is 6. The summed E-state index contributed by atoms with van der Waals surface area (Å²) < 4.78 is 16.5. The van der Waals surface area contributed by atoms with Gasteiger partial charge in [0, 0.05) is 29.4 Å². The van der Waals surface area contributed by atoms with E-state index in [9.17, 15) is 4.79 Å². The van der Waals surface area contributed by atoms with Crippen molar-refractivity contribution in [2.45, 2.75) is 13.3 Å². The summed E-state index contributed by atoms with van der Waals surface area (Å²) in [6.07, 6.45) is 2.18. The molecule has 2 aromatic carbocycles. The second kappa shape index (κ2) is 9.34. The van der Waals surface area contributed by atoms with Gasteiger partial charge >= 0.3 is 0 Å². The highest BCUT2D eigenvalue weighted by molar-refractivity contribution is 6.02. The van der Waals surface area contributed by atoms with Crippen LogP contribution in [0.5, 0.6) is 11.5 Å². The fraction of sp³-hybridized carbons (Fsp3) is 0.160. The molecule has 0 aliphatic heterocycles. The van der Waals surface area contributed by atoms with Gasteiger partial charge in [0.15, 0.2) is 5.76 Å². The predicted octanol–water partition coefficient (Wildman–Crippen LogP) is 4.91. The Balaban J connectivity index is 1.49. The summed E-state index contributed by atoms with van der Waals surface area (Å²) in [6.45, 7) is 1.84. The molecular formula is C25H23N3O4. The van der Waals surface area contributed by atoms with E-state index in [1.807, 2.05) is 55.5 Å². The van der Waals surface area contributed by atoms with Crippen molar-refractivity contribution in [3.63, 3.8) is 0 Å². The number of benzene rings is 2. The Morgan fingerprint density at radius 3 is 2.69 bits per heavy atom. The zero-order valence-electron chi connectivity index (χ0n) is 18.1. The lowest BCUT2D eigenvalue weighted by Gasteiger charge is -2.09. The molecule has 0 bridgehead atoms. The number of nitrogens with zero attached hydrogens (tertiary/aromatic N) is 2. The van der Waals surface area contributed by atoms with Crippen LogP contribution in [0.3, 0.4) is 0 Å². The lowest BCUT2D eigenvalue weighted by atomic mass is 10.1. The maximum absolute atomic E-state index is 12.7. The van der Waals surface area contributed by atoms with Gasteiger partial charge in [-0.3, -0.25) is 4.79 Å². The van der Waals surface area contributed by atoms with E-state index in [1.165, 1.54) is 0 Å². The molecule has 162 valence electrons. The normalized spacial score (nSPS) is 10.6. The SMILES string of the molecule is COc1ccc(OC)c(Cc2ccc(C(=O)Nc3cccc(-c4ccnc(C)n4)c3)o2)c1. The average molecular weight is 429 g/mol. The standard InChI is InChI=1S/C25H23N3O4/c1-16-26-12-11-22(27-16)17-5-4-6-19(13-17)28-25(29)24-10-8-21(32-24)15-18-14-20(30-2)7-9-23(18)31-3/h4-14H,15H2,1-3H3,(H,28,29). The molecule has 2 heterocycles. The van der Waals surface area contributed by atoms with Gasteiger partial charge in [0.05, 0.1) is 19.9 Å². The highest BCUT2D eigenvalue weighted by Crippen LogP contribution is 2.27. The highest BCUT2D eigenvalue weighted by atomic mass is 16.5. The van der Waals surface area contributed by atoms with Gasteiger partial charge in [-0.05, 0) is 55.5 Å². The van der Waals surface area contributed by atoms with Crippen molar-refractivity contribution in [1.29, 1.82) is 0 Å². The maximum Gasteiger partial charge on any atom is 0.291 e. The maximum atomic E-state index is 12.7. The topological polar surface area (TPSA) is 86.5 Å². The molecule has 0 spiro atoms. The van der Waals surface area contributed by atoms with Crippen molar-refractivity contribution in [3.05, 3.63) is 89.8 Å². The second-order valence-electron chi connectivity index (χ2n) is 7.14. The van der Waals surface area contributed by atoms with E-state index >= 15 is 0 Å². The molecule has 0 atom stereocenters. The van der Waals surface area contributed by atoms with Crippen LogP contribution in [0.25, 0.3) is 11.3 Å². The zero-order valence-corrected chi connectivity index (χ0v) is 18.1. The molecule has 0 saturated heterocycles. The van der Waals surface area contributed by atoms with Gasteiger partial charge in [0.2, 0.25) is 0 Å². The van der Waals surface area contributed by atoms with E-state index in [0.717, 1.165) is 28.3 Å². The van der Waals surface area contributed by atoms with Crippen LogP contribution in [0, 0.1) is 6.92 Å². The number of aryl methyl sites for hydroxylation is 1. The van der Waals surface area contributed by atoms with Crippen LogP contribution in [0.4, 0.5) is 5.69 Å². The van der Waals surface area contributed by atoms with Gasteiger partial charge in [0.25, 0.3) is 5.91 Å². The van der Waals surface area contributed by atoms with Crippen molar-refractivity contribution in [2.75, 3.05) is 19.5 Å². The molecule has 1 N–H and O–H groups in total. The number of carbonyl (C=O) groups excluding carboxylic acids is 1. The van der Waals surface area contributed by atoms with Gasteiger partial charge in [0.1, 0.15) is 23.1 Å². The lowest BCUT2D eigenvalue weighted by Crippen LogP contribution is -2.10. The molecule has 0 unspecified atom stereocenters. The molecule has 2 aromatic heterocycles. The van der Waals surface area contributed by atoms with Crippen molar-refractivity contribution in [3.8, 4) is 22.8 Å². The number of aromatic nitrogens is 2. The first-order valence-electron chi connectivity index (χ1n) is 10.1. The monoisotopic (exact) mass is 429 g/mol. The quantitative estimate of drug-likeness (QED) is 0.449. The van der Waals surface area contributed by atoms with E-state index in [0.29, 0.717) is 23.7 Å². The zero-order chi connectivity index (χ0) is 22.5. The summed E-state index contributed by atoms with van der Waals surface area (Å²) in [7, 11) is 3.23. The Bertz CT molecular complexity index is 1250. The van der Waals surface area contributed by atoms with E-state index in [4.69, 9.17) is 13.9 Å². The molecule has 0 aliphatic rings. The smallest absolute Gasteiger partial charge is 0.291 e. The summed E-state index contributed by atoms with van der Waals surface area (Å²) in [5.74, 6) is 2.68. The van der Waals surface area contributed by atoms with Crippen LogP contribution < -0.4 is 14.8 Å². The highest BCUT2D eigenvalue weighted by Gasteiger charge is 2.14. The number of anilines is 1. The predicted molar refractivity (Wildman–Crippen MR) is 121 cm³/mol. The van der Waals surface area contributed by atoms with E-state index < -0.39 is 0 Å². The van der Waals surface area contributed by atoms with Crippen LogP contribution in [0.15, 0.2) is 71.3 Å². The number of nitrogens with one attached hydrogen (secondary N) is 1. The Hall–Kier alpha value is -4.13. The summed E-state index contributed by atoms with van der Waals surface area (Å²) in [4.78, 5) is 21.3. The van der Waals surface area contributed by atoms with Crippen LogP contribution >= 0.6 is 0 Å². The fourth-order valence-corrected chi connectivity index (χ4v) is 3.37. The van der Waals surface area contributed by atoms with E-state index in [1.54, 1.807) is 32.5 Å². The van der Waals surface area contributed by atoms with Gasteiger partial charge < -0.3 is 19.2 Å². The molecule has 0 saturated carbocycles. The number of carbonyl (C=O) groups is 1. The molecule has 0 radical (unpaired) electrons. The lowest BCUT2D eigenvalue weighted by molar-refractivity contribution is 0.0995. The van der Waals surface area contributed by atoms with Gasteiger partial charge in [-0.15, -0.1) is 0 Å². The molecule has 0 aliphatic carbocycles. The molecule has 32 heavy (non-hydrogen) atoms. The van der Waals surface area contributed by atoms with Crippen LogP contribution in [0.1, 0.15) is 27.7 Å². The third-order valence-corrected chi connectivity index (χ3v) is 4.93. The average Bonchev–Trinajstić information content (AvgIpc) is 3.28. The third-order valence-electron chi connectivity index (χ3n) is 4.93.